The van der Waals surface area contributed by atoms with Gasteiger partial charge in [-0.3, -0.25) is 9.48 Å². The molecule has 1 amide bonds. The molecule has 0 aliphatic rings. The lowest BCUT2D eigenvalue weighted by molar-refractivity contribution is 0.102. The Bertz CT molecular complexity index is 1160. The van der Waals surface area contributed by atoms with Crippen LogP contribution >= 0.6 is 0 Å². The minimum atomic E-state index is -0.214. The van der Waals surface area contributed by atoms with Crippen molar-refractivity contribution >= 4 is 22.6 Å². The molecule has 4 rings (SSSR count). The normalized spacial score (nSPS) is 10.9. The first-order valence-electron chi connectivity index (χ1n) is 9.50. The molecule has 6 nitrogen and oxygen atoms in total. The first kappa shape index (κ1) is 18.7. The summed E-state index contributed by atoms with van der Waals surface area (Å²) >= 11 is 0. The van der Waals surface area contributed by atoms with Gasteiger partial charge >= 0.3 is 0 Å². The number of para-hydroxylation sites is 1. The Labute approximate surface area is 169 Å². The van der Waals surface area contributed by atoms with E-state index in [1.165, 1.54) is 0 Å². The number of nitrogens with zero attached hydrogens (tertiary/aromatic N) is 3. The Balaban J connectivity index is 1.75. The molecule has 146 valence electrons. The van der Waals surface area contributed by atoms with Crippen LogP contribution in [-0.2, 0) is 7.05 Å². The van der Waals surface area contributed by atoms with Gasteiger partial charge in [0.25, 0.3) is 5.91 Å². The molecule has 0 radical (unpaired) electrons. The van der Waals surface area contributed by atoms with Crippen LogP contribution in [0.25, 0.3) is 22.2 Å². The minimum absolute atomic E-state index is 0.214. The average molecular weight is 386 g/mol. The molecule has 2 heterocycles. The number of rotatable bonds is 5. The third kappa shape index (κ3) is 3.82. The summed E-state index contributed by atoms with van der Waals surface area (Å²) in [4.78, 5) is 17.8. The number of carbonyl (C=O) groups excluding carboxylic acids is 1. The van der Waals surface area contributed by atoms with E-state index in [9.17, 15) is 4.79 Å². The number of hydrogen-bond donors (Lipinski definition) is 1. The van der Waals surface area contributed by atoms with Gasteiger partial charge < -0.3 is 10.1 Å². The lowest BCUT2D eigenvalue weighted by Gasteiger charge is -2.10. The van der Waals surface area contributed by atoms with Crippen LogP contribution in [0.15, 0.2) is 60.7 Å². The maximum atomic E-state index is 13.1. The van der Waals surface area contributed by atoms with Crippen molar-refractivity contribution < 1.29 is 9.53 Å². The van der Waals surface area contributed by atoms with Crippen molar-refractivity contribution in [3.63, 3.8) is 0 Å². The van der Waals surface area contributed by atoms with Gasteiger partial charge in [-0.2, -0.15) is 5.10 Å². The number of pyridine rings is 1. The number of hydrogen-bond acceptors (Lipinski definition) is 4. The molecule has 6 heteroatoms. The van der Waals surface area contributed by atoms with Gasteiger partial charge in [0.1, 0.15) is 5.75 Å². The van der Waals surface area contributed by atoms with E-state index in [0.717, 1.165) is 33.6 Å². The summed E-state index contributed by atoms with van der Waals surface area (Å²) in [6.07, 6.45) is 0. The first-order chi connectivity index (χ1) is 14.0. The largest absolute Gasteiger partial charge is 0.494 e. The van der Waals surface area contributed by atoms with Gasteiger partial charge in [0.05, 0.1) is 23.4 Å². The lowest BCUT2D eigenvalue weighted by atomic mass is 10.0. The third-order valence-corrected chi connectivity index (χ3v) is 4.78. The van der Waals surface area contributed by atoms with Gasteiger partial charge in [0.15, 0.2) is 5.82 Å². The monoisotopic (exact) mass is 386 g/mol. The highest BCUT2D eigenvalue weighted by Crippen LogP contribution is 2.27. The number of carbonyl (C=O) groups is 1. The van der Waals surface area contributed by atoms with Gasteiger partial charge in [0.2, 0.25) is 0 Å². The summed E-state index contributed by atoms with van der Waals surface area (Å²) in [7, 11) is 1.84. The van der Waals surface area contributed by atoms with Gasteiger partial charge in [-0.25, -0.2) is 4.98 Å². The fourth-order valence-electron chi connectivity index (χ4n) is 3.21. The maximum Gasteiger partial charge on any atom is 0.257 e. The van der Waals surface area contributed by atoms with Crippen molar-refractivity contribution in [3.05, 3.63) is 71.9 Å². The van der Waals surface area contributed by atoms with E-state index in [-0.39, 0.29) is 5.91 Å². The first-order valence-corrected chi connectivity index (χ1v) is 9.50. The summed E-state index contributed by atoms with van der Waals surface area (Å²) in [5.74, 6) is 1.12. The second-order valence-corrected chi connectivity index (χ2v) is 6.78. The van der Waals surface area contributed by atoms with Crippen LogP contribution in [-0.4, -0.2) is 27.3 Å². The van der Waals surface area contributed by atoms with E-state index in [0.29, 0.717) is 18.0 Å². The Morgan fingerprint density at radius 1 is 1.10 bits per heavy atom. The summed E-state index contributed by atoms with van der Waals surface area (Å²) in [5, 5.41) is 8.02. The van der Waals surface area contributed by atoms with Gasteiger partial charge in [0, 0.05) is 29.8 Å². The van der Waals surface area contributed by atoms with E-state index >= 15 is 0 Å². The molecule has 4 aromatic rings. The molecule has 0 saturated carbocycles. The molecule has 0 aliphatic carbocycles. The predicted octanol–water partition coefficient (Wildman–Crippen LogP) is 4.59. The number of fused-ring (bicyclic) bond motifs is 1. The van der Waals surface area contributed by atoms with Crippen molar-refractivity contribution in [2.75, 3.05) is 11.9 Å². The number of ether oxygens (including phenoxy) is 1. The maximum absolute atomic E-state index is 13.1. The number of benzene rings is 2. The minimum Gasteiger partial charge on any atom is -0.494 e. The van der Waals surface area contributed by atoms with Crippen LogP contribution in [0.5, 0.6) is 5.75 Å². The van der Waals surface area contributed by atoms with Crippen molar-refractivity contribution in [2.24, 2.45) is 7.05 Å². The van der Waals surface area contributed by atoms with E-state index in [2.05, 4.69) is 10.4 Å². The van der Waals surface area contributed by atoms with Crippen LogP contribution in [0.3, 0.4) is 0 Å². The molecule has 29 heavy (non-hydrogen) atoms. The summed E-state index contributed by atoms with van der Waals surface area (Å²) in [5.41, 5.74) is 3.94. The zero-order chi connectivity index (χ0) is 20.4. The molecule has 1 N–H and O–H groups in total. The molecule has 0 fully saturated rings. The van der Waals surface area contributed by atoms with Crippen LogP contribution in [0.1, 0.15) is 23.0 Å². The highest BCUT2D eigenvalue weighted by atomic mass is 16.5. The fourth-order valence-corrected chi connectivity index (χ4v) is 3.21. The zero-order valence-electron chi connectivity index (χ0n) is 16.6. The summed E-state index contributed by atoms with van der Waals surface area (Å²) in [6.45, 7) is 4.51. The molecule has 0 saturated heterocycles. The smallest absolute Gasteiger partial charge is 0.257 e. The topological polar surface area (TPSA) is 69.0 Å². The molecule has 2 aromatic heterocycles. The average Bonchev–Trinajstić information content (AvgIpc) is 3.04. The second-order valence-electron chi connectivity index (χ2n) is 6.78. The van der Waals surface area contributed by atoms with E-state index in [1.54, 1.807) is 4.68 Å². The molecule has 0 spiro atoms. The number of anilines is 1. The quantitative estimate of drug-likeness (QED) is 0.544. The van der Waals surface area contributed by atoms with Crippen molar-refractivity contribution in [2.45, 2.75) is 13.8 Å². The van der Waals surface area contributed by atoms with E-state index in [4.69, 9.17) is 9.72 Å². The summed E-state index contributed by atoms with van der Waals surface area (Å²) in [6, 6.07) is 19.0. The van der Waals surface area contributed by atoms with E-state index < -0.39 is 0 Å². The zero-order valence-corrected chi connectivity index (χ0v) is 16.6. The van der Waals surface area contributed by atoms with Crippen LogP contribution in [0, 0.1) is 6.92 Å². The highest BCUT2D eigenvalue weighted by Gasteiger charge is 2.15. The molecular formula is C23H22N4O2. The molecule has 0 aliphatic heterocycles. The fraction of sp³-hybridized carbons (Fsp3) is 0.174. The van der Waals surface area contributed by atoms with Crippen LogP contribution in [0.4, 0.5) is 5.82 Å². The summed E-state index contributed by atoms with van der Waals surface area (Å²) < 4.78 is 7.24. The van der Waals surface area contributed by atoms with Crippen molar-refractivity contribution in [1.29, 1.82) is 0 Å². The number of nitrogens with one attached hydrogen (secondary N) is 1. The SMILES string of the molecule is CCOc1ccc(-c2cc(C(=O)Nc3cc(C)n(C)n3)c3ccccc3n2)cc1. The van der Waals surface area contributed by atoms with Crippen LogP contribution < -0.4 is 10.1 Å². The number of amides is 1. The molecule has 0 atom stereocenters. The third-order valence-electron chi connectivity index (χ3n) is 4.78. The van der Waals surface area contributed by atoms with Gasteiger partial charge in [-0.05, 0) is 50.2 Å². The standard InChI is InChI=1S/C23H22N4O2/c1-4-29-17-11-9-16(10-12-17)21-14-19(18-7-5-6-8-20(18)24-21)23(28)25-22-13-15(2)27(3)26-22/h5-14H,4H2,1-3H3,(H,25,26,28). The molecule has 0 bridgehead atoms. The Hall–Kier alpha value is -3.67. The van der Waals surface area contributed by atoms with E-state index in [1.807, 2.05) is 81.6 Å². The van der Waals surface area contributed by atoms with Crippen molar-refractivity contribution in [3.8, 4) is 17.0 Å². The highest BCUT2D eigenvalue weighted by molar-refractivity contribution is 6.12. The molecule has 2 aromatic carbocycles. The number of aryl methyl sites for hydroxylation is 2. The van der Waals surface area contributed by atoms with Crippen LogP contribution in [0.2, 0.25) is 0 Å². The Morgan fingerprint density at radius 3 is 2.55 bits per heavy atom. The predicted molar refractivity (Wildman–Crippen MR) is 114 cm³/mol. The van der Waals surface area contributed by atoms with Crippen molar-refractivity contribution in [1.82, 2.24) is 14.8 Å². The van der Waals surface area contributed by atoms with Gasteiger partial charge in [-0.15, -0.1) is 0 Å². The van der Waals surface area contributed by atoms with Gasteiger partial charge in [-0.1, -0.05) is 18.2 Å². The number of aromatic nitrogens is 3. The lowest BCUT2D eigenvalue weighted by Crippen LogP contribution is -2.13. The molecular weight excluding hydrogens is 364 g/mol. The Kier molecular flexibility index (Phi) is 4.99. The second kappa shape index (κ2) is 7.75. The molecule has 0 unspecified atom stereocenters. The Morgan fingerprint density at radius 2 is 1.86 bits per heavy atom.